The summed E-state index contributed by atoms with van der Waals surface area (Å²) < 4.78 is 54.7. The minimum Gasteiger partial charge on any atom is -0.493 e. The summed E-state index contributed by atoms with van der Waals surface area (Å²) in [5.74, 6) is -2.60. The Morgan fingerprint density at radius 1 is 0.921 bits per heavy atom. The van der Waals surface area contributed by atoms with Gasteiger partial charge in [-0.2, -0.15) is 0 Å². The first-order valence-corrected chi connectivity index (χ1v) is 11.9. The Labute approximate surface area is 221 Å². The van der Waals surface area contributed by atoms with Crippen LogP contribution in [0.1, 0.15) is 12.5 Å². The summed E-state index contributed by atoms with van der Waals surface area (Å²) in [6.07, 6.45) is 1.24. The third-order valence-electron chi connectivity index (χ3n) is 5.52. The predicted molar refractivity (Wildman–Crippen MR) is 138 cm³/mol. The lowest BCUT2D eigenvalue weighted by molar-refractivity contribution is -0.115. The lowest BCUT2D eigenvalue weighted by atomic mass is 10.0. The highest BCUT2D eigenvalue weighted by atomic mass is 35.5. The summed E-state index contributed by atoms with van der Waals surface area (Å²) in [6.45, 7) is 2.00. The molecule has 0 spiro atoms. The van der Waals surface area contributed by atoms with Crippen molar-refractivity contribution < 1.29 is 27.4 Å². The monoisotopic (exact) mass is 542 g/mol. The second-order valence-electron chi connectivity index (χ2n) is 8.28. The van der Waals surface area contributed by atoms with Crippen LogP contribution in [-0.2, 0) is 18.3 Å². The summed E-state index contributed by atoms with van der Waals surface area (Å²) in [6, 6.07) is 12.7. The molecule has 0 aliphatic heterocycles. The third kappa shape index (κ3) is 6.18. The Balaban J connectivity index is 1.75. The number of carbonyl (C=O) groups excluding carboxylic acids is 1. The van der Waals surface area contributed by atoms with Crippen LogP contribution in [0.15, 0.2) is 71.7 Å². The van der Waals surface area contributed by atoms with Gasteiger partial charge in [0.15, 0.2) is 11.6 Å². The molecular weight excluding hydrogens is 521 g/mol. The largest absolute Gasteiger partial charge is 0.493 e. The van der Waals surface area contributed by atoms with Crippen molar-refractivity contribution in [2.45, 2.75) is 13.3 Å². The van der Waals surface area contributed by atoms with Gasteiger partial charge in [0.1, 0.15) is 23.1 Å². The molecule has 0 atom stereocenters. The van der Waals surface area contributed by atoms with Gasteiger partial charge in [-0.15, -0.1) is 0 Å². The fourth-order valence-electron chi connectivity index (χ4n) is 3.73. The minimum atomic E-state index is -0.914. The van der Waals surface area contributed by atoms with Gasteiger partial charge in [0.2, 0.25) is 5.91 Å². The molecule has 0 aliphatic rings. The van der Waals surface area contributed by atoms with E-state index in [1.54, 1.807) is 20.0 Å². The van der Waals surface area contributed by atoms with Crippen LogP contribution < -0.4 is 20.3 Å². The molecule has 1 aromatic heterocycles. The van der Waals surface area contributed by atoms with Crippen LogP contribution in [0.4, 0.5) is 18.9 Å². The van der Waals surface area contributed by atoms with Gasteiger partial charge in [-0.1, -0.05) is 11.6 Å². The molecule has 0 unspecified atom stereocenters. The molecule has 1 amide bonds. The van der Waals surface area contributed by atoms with Gasteiger partial charge >= 0.3 is 0 Å². The lowest BCUT2D eigenvalue weighted by Gasteiger charge is -2.17. The maximum absolute atomic E-state index is 14.4. The molecule has 4 rings (SSSR count). The Kier molecular flexibility index (Phi) is 8.07. The summed E-state index contributed by atoms with van der Waals surface area (Å²) in [5.41, 5.74) is 0.884. The van der Waals surface area contributed by atoms with Gasteiger partial charge in [0, 0.05) is 47.2 Å². The van der Waals surface area contributed by atoms with E-state index in [0.717, 1.165) is 12.1 Å². The summed E-state index contributed by atoms with van der Waals surface area (Å²) in [7, 11) is 1.55. The van der Waals surface area contributed by atoms with Crippen LogP contribution in [-0.4, -0.2) is 17.1 Å². The number of aryl methyl sites for hydroxylation is 1. The molecule has 0 radical (unpaired) electrons. The van der Waals surface area contributed by atoms with Gasteiger partial charge < -0.3 is 19.4 Å². The molecule has 6 nitrogen and oxygen atoms in total. The van der Waals surface area contributed by atoms with Crippen molar-refractivity contribution in [1.29, 1.82) is 0 Å². The molecule has 0 fully saturated rings. The van der Waals surface area contributed by atoms with Crippen molar-refractivity contribution in [3.63, 3.8) is 0 Å². The molecule has 10 heteroatoms. The van der Waals surface area contributed by atoms with Gasteiger partial charge in [-0.25, -0.2) is 13.2 Å². The van der Waals surface area contributed by atoms with E-state index < -0.39 is 23.4 Å². The van der Waals surface area contributed by atoms with E-state index in [1.165, 1.54) is 47.2 Å². The van der Waals surface area contributed by atoms with Crippen LogP contribution in [0.25, 0.3) is 11.1 Å². The van der Waals surface area contributed by atoms with Crippen LogP contribution in [0, 0.1) is 17.5 Å². The van der Waals surface area contributed by atoms with Crippen molar-refractivity contribution >= 4 is 23.2 Å². The van der Waals surface area contributed by atoms with E-state index in [-0.39, 0.29) is 41.4 Å². The molecule has 38 heavy (non-hydrogen) atoms. The van der Waals surface area contributed by atoms with Crippen molar-refractivity contribution in [3.05, 3.63) is 105 Å². The van der Waals surface area contributed by atoms with Crippen LogP contribution in [0.2, 0.25) is 5.02 Å². The number of anilines is 1. The zero-order chi connectivity index (χ0) is 27.4. The number of hydrogen-bond acceptors (Lipinski definition) is 4. The number of benzene rings is 3. The van der Waals surface area contributed by atoms with Crippen molar-refractivity contribution in [2.24, 2.45) is 7.05 Å². The van der Waals surface area contributed by atoms with E-state index in [1.807, 2.05) is 0 Å². The number of amides is 1. The number of halogens is 4. The number of nitrogens with one attached hydrogen (secondary N) is 1. The highest BCUT2D eigenvalue weighted by Crippen LogP contribution is 2.40. The molecule has 1 N–H and O–H groups in total. The molecule has 4 aromatic rings. The van der Waals surface area contributed by atoms with Crippen molar-refractivity contribution in [1.82, 2.24) is 4.57 Å². The zero-order valence-corrected chi connectivity index (χ0v) is 21.1. The van der Waals surface area contributed by atoms with Gasteiger partial charge in [0.05, 0.1) is 13.0 Å². The summed E-state index contributed by atoms with van der Waals surface area (Å²) in [5, 5.41) is 2.99. The second kappa shape index (κ2) is 11.4. The topological polar surface area (TPSA) is 69.6 Å². The number of pyridine rings is 1. The first kappa shape index (κ1) is 26.8. The SMILES string of the molecule is CCOc1cc(=O)n(C)cc1-c1cc(NC(=O)Cc2cc(Cl)ccc2F)ccc1Oc1ccc(F)cc1F. The predicted octanol–water partition coefficient (Wildman–Crippen LogP) is 6.50. The fraction of sp³-hybridized carbons (Fsp3) is 0.143. The Hall–Kier alpha value is -4.24. The first-order valence-electron chi connectivity index (χ1n) is 11.5. The fourth-order valence-corrected chi connectivity index (χ4v) is 3.93. The summed E-state index contributed by atoms with van der Waals surface area (Å²) >= 11 is 5.92. The molecular formula is C28H22ClF3N2O4. The molecule has 1 heterocycles. The van der Waals surface area contributed by atoms with Gasteiger partial charge in [0.25, 0.3) is 5.56 Å². The number of hydrogen-bond donors (Lipinski definition) is 1. The average molecular weight is 543 g/mol. The molecule has 0 bridgehead atoms. The van der Waals surface area contributed by atoms with Crippen LogP contribution in [0.5, 0.6) is 17.2 Å². The second-order valence-corrected chi connectivity index (χ2v) is 8.72. The van der Waals surface area contributed by atoms with E-state index in [2.05, 4.69) is 5.32 Å². The first-order chi connectivity index (χ1) is 18.1. The van der Waals surface area contributed by atoms with Crippen LogP contribution >= 0.6 is 11.6 Å². The van der Waals surface area contributed by atoms with E-state index in [9.17, 15) is 22.8 Å². The maximum Gasteiger partial charge on any atom is 0.254 e. The minimum absolute atomic E-state index is 0.124. The number of aromatic nitrogens is 1. The Morgan fingerprint density at radius 2 is 1.68 bits per heavy atom. The zero-order valence-electron chi connectivity index (χ0n) is 20.4. The smallest absolute Gasteiger partial charge is 0.254 e. The lowest BCUT2D eigenvalue weighted by Crippen LogP contribution is -2.16. The van der Waals surface area contributed by atoms with E-state index in [0.29, 0.717) is 27.9 Å². The summed E-state index contributed by atoms with van der Waals surface area (Å²) in [4.78, 5) is 25.0. The highest BCUT2D eigenvalue weighted by molar-refractivity contribution is 6.30. The number of rotatable bonds is 8. The number of ether oxygens (including phenoxy) is 2. The quantitative estimate of drug-likeness (QED) is 0.276. The molecule has 3 aromatic carbocycles. The maximum atomic E-state index is 14.4. The Bertz CT molecular complexity index is 1570. The highest BCUT2D eigenvalue weighted by Gasteiger charge is 2.18. The van der Waals surface area contributed by atoms with Gasteiger partial charge in [-0.05, 0) is 61.0 Å². The van der Waals surface area contributed by atoms with Crippen molar-refractivity contribution in [2.75, 3.05) is 11.9 Å². The normalized spacial score (nSPS) is 10.8. The Morgan fingerprint density at radius 3 is 2.42 bits per heavy atom. The number of carbonyl (C=O) groups is 1. The van der Waals surface area contributed by atoms with E-state index in [4.69, 9.17) is 21.1 Å². The van der Waals surface area contributed by atoms with Gasteiger partial charge in [-0.3, -0.25) is 9.59 Å². The standard InChI is InChI=1S/C28H22ClF3N2O4/c1-3-37-26-14-28(36)34(2)15-21(26)20-13-19(33-27(35)11-16-10-17(29)4-7-22(16)31)6-9-24(20)38-25-8-5-18(30)12-23(25)32/h4-10,12-15H,3,11H2,1-2H3,(H,33,35). The van der Waals surface area contributed by atoms with Crippen LogP contribution in [0.3, 0.4) is 0 Å². The third-order valence-corrected chi connectivity index (χ3v) is 5.75. The van der Waals surface area contributed by atoms with E-state index >= 15 is 0 Å². The molecule has 0 aliphatic carbocycles. The average Bonchev–Trinajstić information content (AvgIpc) is 2.86. The molecule has 196 valence electrons. The number of nitrogens with zero attached hydrogens (tertiary/aromatic N) is 1. The molecule has 0 saturated heterocycles. The molecule has 0 saturated carbocycles. The van der Waals surface area contributed by atoms with Crippen molar-refractivity contribution in [3.8, 4) is 28.4 Å².